The summed E-state index contributed by atoms with van der Waals surface area (Å²) in [5.41, 5.74) is 0.309. The Morgan fingerprint density at radius 3 is 2.64 bits per heavy atom. The fourth-order valence-electron chi connectivity index (χ4n) is 4.39. The average molecular weight is 345 g/mol. The van der Waals surface area contributed by atoms with Crippen LogP contribution in [0.4, 0.5) is 0 Å². The van der Waals surface area contributed by atoms with Gasteiger partial charge < -0.3 is 10.2 Å². The lowest BCUT2D eigenvalue weighted by Gasteiger charge is -2.21. The molecule has 2 amide bonds. The number of nitrogens with one attached hydrogen (secondary N) is 1. The van der Waals surface area contributed by atoms with Gasteiger partial charge in [0, 0.05) is 19.1 Å². The number of hydrogen-bond acceptors (Lipinski definition) is 4. The highest BCUT2D eigenvalue weighted by molar-refractivity contribution is 5.92. The van der Waals surface area contributed by atoms with E-state index in [4.69, 9.17) is 0 Å². The van der Waals surface area contributed by atoms with Crippen LogP contribution in [0, 0.1) is 11.8 Å². The number of carbonyl (C=O) groups is 2. The van der Waals surface area contributed by atoms with Gasteiger partial charge in [0.1, 0.15) is 6.54 Å². The maximum atomic E-state index is 12.4. The molecule has 2 saturated carbocycles. The Balaban J connectivity index is 1.27. The first-order valence-electron chi connectivity index (χ1n) is 9.69. The molecule has 2 atom stereocenters. The van der Waals surface area contributed by atoms with E-state index >= 15 is 0 Å². The monoisotopic (exact) mass is 345 g/mol. The minimum absolute atomic E-state index is 0.0499. The zero-order chi connectivity index (χ0) is 17.2. The van der Waals surface area contributed by atoms with Crippen molar-refractivity contribution in [1.82, 2.24) is 25.2 Å². The van der Waals surface area contributed by atoms with Crippen molar-refractivity contribution in [1.29, 1.82) is 0 Å². The normalized spacial score (nSPS) is 26.6. The molecule has 1 N–H and O–H groups in total. The molecule has 1 saturated heterocycles. The molecule has 0 bridgehead atoms. The summed E-state index contributed by atoms with van der Waals surface area (Å²) in [5.74, 6) is 1.32. The number of amides is 2. The molecular formula is C18H27N5O2. The summed E-state index contributed by atoms with van der Waals surface area (Å²) in [4.78, 5) is 26.3. The number of aromatic nitrogens is 3. The van der Waals surface area contributed by atoms with E-state index in [2.05, 4.69) is 15.6 Å². The minimum atomic E-state index is -0.164. The molecule has 1 aromatic heterocycles. The second kappa shape index (κ2) is 7.14. The molecular weight excluding hydrogens is 318 g/mol. The molecule has 2 heterocycles. The fourth-order valence-corrected chi connectivity index (χ4v) is 4.39. The zero-order valence-electron chi connectivity index (χ0n) is 14.7. The van der Waals surface area contributed by atoms with E-state index in [1.165, 1.54) is 36.8 Å². The molecule has 7 heteroatoms. The van der Waals surface area contributed by atoms with E-state index in [0.717, 1.165) is 38.3 Å². The number of hydrogen-bond donors (Lipinski definition) is 1. The molecule has 4 rings (SSSR count). The van der Waals surface area contributed by atoms with Crippen LogP contribution in [-0.4, -0.2) is 50.8 Å². The first-order chi connectivity index (χ1) is 12.2. The summed E-state index contributed by atoms with van der Waals surface area (Å²) >= 11 is 0. The molecule has 3 fully saturated rings. The molecule has 1 aromatic rings. The number of nitrogens with zero attached hydrogens (tertiary/aromatic N) is 4. The quantitative estimate of drug-likeness (QED) is 0.879. The summed E-state index contributed by atoms with van der Waals surface area (Å²) < 4.78 is 1.47. The highest BCUT2D eigenvalue weighted by Crippen LogP contribution is 2.44. The smallest absolute Gasteiger partial charge is 0.273 e. The predicted octanol–water partition coefficient (Wildman–Crippen LogP) is 1.60. The van der Waals surface area contributed by atoms with Crippen molar-refractivity contribution in [2.45, 2.75) is 64.0 Å². The Morgan fingerprint density at radius 2 is 1.88 bits per heavy atom. The summed E-state index contributed by atoms with van der Waals surface area (Å²) in [5, 5.41) is 11.0. The molecule has 0 radical (unpaired) electrons. The lowest BCUT2D eigenvalue weighted by atomic mass is 9.85. The lowest BCUT2D eigenvalue weighted by molar-refractivity contribution is -0.130. The number of rotatable bonds is 5. The van der Waals surface area contributed by atoms with Crippen molar-refractivity contribution in [3.63, 3.8) is 0 Å². The van der Waals surface area contributed by atoms with Gasteiger partial charge in [0.2, 0.25) is 5.91 Å². The maximum absolute atomic E-state index is 12.4. The first-order valence-corrected chi connectivity index (χ1v) is 9.69. The van der Waals surface area contributed by atoms with Crippen LogP contribution in [0.3, 0.4) is 0 Å². The molecule has 0 spiro atoms. The third-order valence-corrected chi connectivity index (χ3v) is 5.94. The standard InChI is InChI=1S/C18H27N5O2/c24-17(22-8-4-5-9-22)12-23-11-16(20-21-23)18(25)19-15-10-14(15)13-6-2-1-3-7-13/h11,13-15H,1-10,12H2,(H,19,25). The third-order valence-electron chi connectivity index (χ3n) is 5.94. The van der Waals surface area contributed by atoms with Gasteiger partial charge in [-0.1, -0.05) is 37.3 Å². The van der Waals surface area contributed by atoms with Gasteiger partial charge in [-0.3, -0.25) is 9.59 Å². The van der Waals surface area contributed by atoms with Gasteiger partial charge in [-0.05, 0) is 31.1 Å². The highest BCUT2D eigenvalue weighted by atomic mass is 16.2. The van der Waals surface area contributed by atoms with Crippen molar-refractivity contribution in [2.75, 3.05) is 13.1 Å². The summed E-state index contributed by atoms with van der Waals surface area (Å²) in [7, 11) is 0. The summed E-state index contributed by atoms with van der Waals surface area (Å²) in [6.45, 7) is 1.81. The topological polar surface area (TPSA) is 80.1 Å². The van der Waals surface area contributed by atoms with Crippen molar-refractivity contribution < 1.29 is 9.59 Å². The highest BCUT2D eigenvalue weighted by Gasteiger charge is 2.44. The van der Waals surface area contributed by atoms with Gasteiger partial charge >= 0.3 is 0 Å². The molecule has 2 unspecified atom stereocenters. The fraction of sp³-hybridized carbons (Fsp3) is 0.778. The maximum Gasteiger partial charge on any atom is 0.273 e. The van der Waals surface area contributed by atoms with Gasteiger partial charge in [0.05, 0.1) is 6.20 Å². The van der Waals surface area contributed by atoms with Crippen molar-refractivity contribution in [2.24, 2.45) is 11.8 Å². The van der Waals surface area contributed by atoms with Crippen LogP contribution in [0.15, 0.2) is 6.20 Å². The van der Waals surface area contributed by atoms with Crippen LogP contribution < -0.4 is 5.32 Å². The Labute approximate surface area is 148 Å². The Kier molecular flexibility index (Phi) is 4.72. The van der Waals surface area contributed by atoms with E-state index in [1.807, 2.05) is 4.90 Å². The largest absolute Gasteiger partial charge is 0.348 e. The van der Waals surface area contributed by atoms with Gasteiger partial charge in [-0.25, -0.2) is 4.68 Å². The molecule has 25 heavy (non-hydrogen) atoms. The molecule has 3 aliphatic rings. The molecule has 0 aromatic carbocycles. The van der Waals surface area contributed by atoms with Crippen LogP contribution in [0.2, 0.25) is 0 Å². The van der Waals surface area contributed by atoms with E-state index in [1.54, 1.807) is 6.20 Å². The van der Waals surface area contributed by atoms with Crippen LogP contribution in [0.1, 0.15) is 61.9 Å². The van der Waals surface area contributed by atoms with E-state index in [-0.39, 0.29) is 18.4 Å². The second-order valence-corrected chi connectivity index (χ2v) is 7.77. The van der Waals surface area contributed by atoms with Gasteiger partial charge in [0.15, 0.2) is 5.69 Å². The van der Waals surface area contributed by atoms with Crippen molar-refractivity contribution in [3.8, 4) is 0 Å². The van der Waals surface area contributed by atoms with Gasteiger partial charge in [0.25, 0.3) is 5.91 Å². The number of likely N-dealkylation sites (tertiary alicyclic amines) is 1. The van der Waals surface area contributed by atoms with Crippen molar-refractivity contribution in [3.05, 3.63) is 11.9 Å². The number of carbonyl (C=O) groups excluding carboxylic acids is 2. The van der Waals surface area contributed by atoms with Gasteiger partial charge in [-0.15, -0.1) is 5.10 Å². The first kappa shape index (κ1) is 16.5. The molecule has 1 aliphatic heterocycles. The summed E-state index contributed by atoms with van der Waals surface area (Å²) in [6.07, 6.45) is 11.5. The molecule has 7 nitrogen and oxygen atoms in total. The second-order valence-electron chi connectivity index (χ2n) is 7.77. The Morgan fingerprint density at radius 1 is 1.12 bits per heavy atom. The molecule has 136 valence electrons. The van der Waals surface area contributed by atoms with Crippen molar-refractivity contribution >= 4 is 11.8 Å². The lowest BCUT2D eigenvalue weighted by Crippen LogP contribution is -2.31. The predicted molar refractivity (Wildman–Crippen MR) is 91.8 cm³/mol. The Bertz CT molecular complexity index is 631. The molecule has 2 aliphatic carbocycles. The minimum Gasteiger partial charge on any atom is -0.348 e. The zero-order valence-corrected chi connectivity index (χ0v) is 14.7. The Hall–Kier alpha value is -1.92. The van der Waals surface area contributed by atoms with Gasteiger partial charge in [-0.2, -0.15) is 0 Å². The van der Waals surface area contributed by atoms with E-state index in [0.29, 0.717) is 17.7 Å². The van der Waals surface area contributed by atoms with E-state index in [9.17, 15) is 9.59 Å². The van der Waals surface area contributed by atoms with Crippen LogP contribution in [-0.2, 0) is 11.3 Å². The SMILES string of the molecule is O=C(NC1CC1C1CCCCC1)c1cn(CC(=O)N2CCCC2)nn1. The average Bonchev–Trinajstić information content (AvgIpc) is 3.05. The van der Waals surface area contributed by atoms with Crippen LogP contribution in [0.5, 0.6) is 0 Å². The summed E-state index contributed by atoms with van der Waals surface area (Å²) in [6, 6.07) is 0.298. The third kappa shape index (κ3) is 3.85. The van der Waals surface area contributed by atoms with E-state index < -0.39 is 0 Å². The van der Waals surface area contributed by atoms with Crippen LogP contribution >= 0.6 is 0 Å². The van der Waals surface area contributed by atoms with Crippen LogP contribution in [0.25, 0.3) is 0 Å².